The van der Waals surface area contributed by atoms with Crippen molar-refractivity contribution in [1.82, 2.24) is 9.97 Å². The molecule has 0 atom stereocenters. The van der Waals surface area contributed by atoms with E-state index in [9.17, 15) is 13.2 Å². The zero-order valence-electron chi connectivity index (χ0n) is 10.9. The number of anilines is 1. The summed E-state index contributed by atoms with van der Waals surface area (Å²) in [6.07, 6.45) is -4.64. The number of rotatable bonds is 4. The molecule has 1 heterocycles. The van der Waals surface area contributed by atoms with Crippen LogP contribution < -0.4 is 10.1 Å². The third-order valence-electron chi connectivity index (χ3n) is 2.55. The van der Waals surface area contributed by atoms with Gasteiger partial charge in [0.25, 0.3) is 0 Å². The molecule has 2 aromatic rings. The number of nitrogens with zero attached hydrogens (tertiary/aromatic N) is 2. The Morgan fingerprint density at radius 2 is 1.95 bits per heavy atom. The van der Waals surface area contributed by atoms with Gasteiger partial charge >= 0.3 is 6.18 Å². The lowest BCUT2D eigenvalue weighted by molar-refractivity contribution is -0.145. The fraction of sp³-hybridized carbons (Fsp3) is 0.231. The number of ether oxygens (including phenoxy) is 1. The molecular formula is C13H11ClF3N3O. The Balaban J connectivity index is 2.22. The Labute approximate surface area is 123 Å². The van der Waals surface area contributed by atoms with Crippen molar-refractivity contribution < 1.29 is 17.9 Å². The highest BCUT2D eigenvalue weighted by Crippen LogP contribution is 2.29. The summed E-state index contributed by atoms with van der Waals surface area (Å²) < 4.78 is 43.3. The molecule has 21 heavy (non-hydrogen) atoms. The Bertz CT molecular complexity index is 634. The molecule has 0 unspecified atom stereocenters. The summed E-state index contributed by atoms with van der Waals surface area (Å²) in [4.78, 5) is 6.70. The number of nitrogens with one attached hydrogen (secondary N) is 1. The molecular weight excluding hydrogens is 307 g/mol. The molecule has 0 aliphatic heterocycles. The molecule has 112 valence electrons. The minimum absolute atomic E-state index is 0.0110. The van der Waals surface area contributed by atoms with E-state index in [1.807, 2.05) is 0 Å². The number of hydrogen-bond donors (Lipinski definition) is 1. The van der Waals surface area contributed by atoms with Crippen LogP contribution in [0.15, 0.2) is 30.3 Å². The van der Waals surface area contributed by atoms with Gasteiger partial charge in [-0.3, -0.25) is 0 Å². The molecule has 4 nitrogen and oxygen atoms in total. The smallest absolute Gasteiger partial charge is 0.451 e. The summed E-state index contributed by atoms with van der Waals surface area (Å²) in [5.41, 5.74) is 0.650. The van der Waals surface area contributed by atoms with Gasteiger partial charge in [0.2, 0.25) is 11.7 Å². The van der Waals surface area contributed by atoms with Gasteiger partial charge in [0.1, 0.15) is 12.4 Å². The lowest BCUT2D eigenvalue weighted by atomic mass is 10.2. The minimum atomic E-state index is -4.64. The van der Waals surface area contributed by atoms with Gasteiger partial charge in [-0.1, -0.05) is 29.8 Å². The highest BCUT2D eigenvalue weighted by atomic mass is 35.5. The van der Waals surface area contributed by atoms with E-state index in [2.05, 4.69) is 15.3 Å². The molecule has 8 heteroatoms. The Morgan fingerprint density at radius 3 is 2.57 bits per heavy atom. The second-order valence-corrected chi connectivity index (χ2v) is 4.45. The van der Waals surface area contributed by atoms with Gasteiger partial charge in [-0.25, -0.2) is 4.98 Å². The number of hydrogen-bond acceptors (Lipinski definition) is 4. The Kier molecular flexibility index (Phi) is 4.52. The van der Waals surface area contributed by atoms with Crippen molar-refractivity contribution in [1.29, 1.82) is 0 Å². The van der Waals surface area contributed by atoms with E-state index in [1.54, 1.807) is 24.3 Å². The number of benzene rings is 1. The average molecular weight is 318 g/mol. The maximum absolute atomic E-state index is 12.7. The van der Waals surface area contributed by atoms with Crippen molar-refractivity contribution in [2.24, 2.45) is 0 Å². The summed E-state index contributed by atoms with van der Waals surface area (Å²) in [6.45, 7) is 0.0110. The summed E-state index contributed by atoms with van der Waals surface area (Å²) in [5, 5.41) is 3.00. The van der Waals surface area contributed by atoms with E-state index in [0.717, 1.165) is 0 Å². The fourth-order valence-corrected chi connectivity index (χ4v) is 1.71. The van der Waals surface area contributed by atoms with Crippen LogP contribution in [0.5, 0.6) is 5.88 Å². The van der Waals surface area contributed by atoms with Crippen molar-refractivity contribution in [3.63, 3.8) is 0 Å². The highest BCUT2D eigenvalue weighted by molar-refractivity contribution is 6.31. The molecule has 0 radical (unpaired) electrons. The van der Waals surface area contributed by atoms with Crippen LogP contribution in [0.2, 0.25) is 5.02 Å². The maximum Gasteiger partial charge on any atom is 0.451 e. The monoisotopic (exact) mass is 317 g/mol. The first-order valence-electron chi connectivity index (χ1n) is 5.90. The molecule has 0 spiro atoms. The van der Waals surface area contributed by atoms with E-state index in [-0.39, 0.29) is 18.3 Å². The van der Waals surface area contributed by atoms with E-state index in [1.165, 1.54) is 13.1 Å². The van der Waals surface area contributed by atoms with Crippen LogP contribution in [-0.2, 0) is 12.8 Å². The standard InChI is InChI=1S/C13H11ClF3N3O/c1-18-10-6-11(20-12(19-10)13(15,16)17)21-7-8-4-2-3-5-9(8)14/h2-6H,7H2,1H3,(H,18,19,20). The highest BCUT2D eigenvalue weighted by Gasteiger charge is 2.35. The molecule has 1 aromatic carbocycles. The van der Waals surface area contributed by atoms with Crippen LogP contribution in [0, 0.1) is 0 Å². The molecule has 0 bridgehead atoms. The molecule has 0 amide bonds. The molecule has 2 rings (SSSR count). The molecule has 0 saturated heterocycles. The van der Waals surface area contributed by atoms with Crippen molar-refractivity contribution in [3.8, 4) is 5.88 Å². The third-order valence-corrected chi connectivity index (χ3v) is 2.91. The van der Waals surface area contributed by atoms with Crippen LogP contribution in [0.3, 0.4) is 0 Å². The number of alkyl halides is 3. The number of aromatic nitrogens is 2. The summed E-state index contributed by atoms with van der Waals surface area (Å²) in [6, 6.07) is 8.17. The SMILES string of the molecule is CNc1cc(OCc2ccccc2Cl)nc(C(F)(F)F)n1. The van der Waals surface area contributed by atoms with Gasteiger partial charge in [-0.2, -0.15) is 18.2 Å². The van der Waals surface area contributed by atoms with Gasteiger partial charge < -0.3 is 10.1 Å². The first kappa shape index (κ1) is 15.4. The van der Waals surface area contributed by atoms with Gasteiger partial charge in [-0.05, 0) is 6.07 Å². The Morgan fingerprint density at radius 1 is 1.24 bits per heavy atom. The summed E-state index contributed by atoms with van der Waals surface area (Å²) in [5.74, 6) is -1.42. The normalized spacial score (nSPS) is 11.3. The van der Waals surface area contributed by atoms with E-state index in [0.29, 0.717) is 10.6 Å². The largest absolute Gasteiger partial charge is 0.473 e. The molecule has 1 N–H and O–H groups in total. The predicted octanol–water partition coefficient (Wildman–Crippen LogP) is 3.77. The fourth-order valence-electron chi connectivity index (χ4n) is 1.52. The number of halogens is 4. The third kappa shape index (κ3) is 3.98. The van der Waals surface area contributed by atoms with Crippen LogP contribution >= 0.6 is 11.6 Å². The molecule has 0 aliphatic rings. The molecule has 1 aromatic heterocycles. The lowest BCUT2D eigenvalue weighted by Gasteiger charge is -2.11. The van der Waals surface area contributed by atoms with Crippen molar-refractivity contribution >= 4 is 17.4 Å². The van der Waals surface area contributed by atoms with E-state index < -0.39 is 12.0 Å². The lowest BCUT2D eigenvalue weighted by Crippen LogP contribution is -2.13. The summed E-state index contributed by atoms with van der Waals surface area (Å²) >= 11 is 5.95. The molecule has 0 saturated carbocycles. The van der Waals surface area contributed by atoms with E-state index in [4.69, 9.17) is 16.3 Å². The van der Waals surface area contributed by atoms with Crippen molar-refractivity contribution in [2.75, 3.05) is 12.4 Å². The zero-order chi connectivity index (χ0) is 15.5. The molecule has 0 aliphatic carbocycles. The van der Waals surface area contributed by atoms with Crippen LogP contribution in [0.1, 0.15) is 11.4 Å². The quantitative estimate of drug-likeness (QED) is 0.932. The van der Waals surface area contributed by atoms with Gasteiger partial charge in [-0.15, -0.1) is 0 Å². The second-order valence-electron chi connectivity index (χ2n) is 4.04. The summed E-state index contributed by atoms with van der Waals surface area (Å²) in [7, 11) is 1.46. The van der Waals surface area contributed by atoms with Gasteiger partial charge in [0, 0.05) is 23.7 Å². The topological polar surface area (TPSA) is 47.0 Å². The van der Waals surface area contributed by atoms with Crippen LogP contribution in [-0.4, -0.2) is 17.0 Å². The van der Waals surface area contributed by atoms with Crippen LogP contribution in [0.4, 0.5) is 19.0 Å². The van der Waals surface area contributed by atoms with Gasteiger partial charge in [0.05, 0.1) is 0 Å². The maximum atomic E-state index is 12.7. The van der Waals surface area contributed by atoms with Crippen molar-refractivity contribution in [2.45, 2.75) is 12.8 Å². The molecule has 0 fully saturated rings. The Hall–Kier alpha value is -2.02. The first-order valence-corrected chi connectivity index (χ1v) is 6.28. The zero-order valence-corrected chi connectivity index (χ0v) is 11.7. The first-order chi connectivity index (χ1) is 9.90. The van der Waals surface area contributed by atoms with Gasteiger partial charge in [0.15, 0.2) is 0 Å². The van der Waals surface area contributed by atoms with E-state index >= 15 is 0 Å². The predicted molar refractivity (Wildman–Crippen MR) is 72.4 cm³/mol. The van der Waals surface area contributed by atoms with Crippen molar-refractivity contribution in [3.05, 3.63) is 46.7 Å². The average Bonchev–Trinajstić information content (AvgIpc) is 2.45. The minimum Gasteiger partial charge on any atom is -0.473 e. The second kappa shape index (κ2) is 6.17. The van der Waals surface area contributed by atoms with Crippen LogP contribution in [0.25, 0.3) is 0 Å².